The first-order valence-corrected chi connectivity index (χ1v) is 10.9. The van der Waals surface area contributed by atoms with Crippen LogP contribution in [0.1, 0.15) is 16.3 Å². The number of fused-ring (bicyclic) bond motifs is 3. The smallest absolute Gasteiger partial charge is 0.289 e. The Morgan fingerprint density at radius 1 is 0.970 bits per heavy atom. The number of nitrogens with one attached hydrogen (secondary N) is 1. The number of hydrogen-bond acceptors (Lipinski definition) is 6. The fourth-order valence-electron chi connectivity index (χ4n) is 4.23. The summed E-state index contributed by atoms with van der Waals surface area (Å²) in [6.45, 7) is 4.34. The maximum Gasteiger partial charge on any atom is 0.289 e. The number of aryl methyl sites for hydroxylation is 1. The molecular weight excluding hydrogens is 422 g/mol. The summed E-state index contributed by atoms with van der Waals surface area (Å²) < 4.78 is 16.9. The van der Waals surface area contributed by atoms with Gasteiger partial charge in [0.25, 0.3) is 5.91 Å². The lowest BCUT2D eigenvalue weighted by atomic mass is 10.1. The van der Waals surface area contributed by atoms with Gasteiger partial charge in [0.1, 0.15) is 22.7 Å². The zero-order valence-corrected chi connectivity index (χ0v) is 18.6. The van der Waals surface area contributed by atoms with Crippen molar-refractivity contribution >= 4 is 39.4 Å². The van der Waals surface area contributed by atoms with Crippen molar-refractivity contribution in [3.8, 4) is 5.75 Å². The molecule has 0 spiro atoms. The average molecular weight is 447 g/mol. The summed E-state index contributed by atoms with van der Waals surface area (Å²) in [4.78, 5) is 29.1. The third-order valence-electron chi connectivity index (χ3n) is 5.95. The first-order chi connectivity index (χ1) is 16.0. The minimum atomic E-state index is -0.148. The van der Waals surface area contributed by atoms with Crippen LogP contribution in [0.25, 0.3) is 21.9 Å². The van der Waals surface area contributed by atoms with Gasteiger partial charge < -0.3 is 23.8 Å². The van der Waals surface area contributed by atoms with E-state index in [9.17, 15) is 9.59 Å². The summed E-state index contributed by atoms with van der Waals surface area (Å²) in [6.07, 6.45) is 0. The Bertz CT molecular complexity index is 1330. The van der Waals surface area contributed by atoms with Gasteiger partial charge in [0, 0.05) is 43.0 Å². The average Bonchev–Trinajstić information content (AvgIpc) is 3.41. The highest BCUT2D eigenvalue weighted by Crippen LogP contribution is 2.36. The summed E-state index contributed by atoms with van der Waals surface area (Å²) in [5, 5.41) is 4.89. The lowest BCUT2D eigenvalue weighted by Crippen LogP contribution is -2.50. The Labute approximate surface area is 190 Å². The van der Waals surface area contributed by atoms with E-state index in [1.54, 1.807) is 30.2 Å². The molecule has 4 aromatic rings. The molecule has 0 radical (unpaired) electrons. The van der Waals surface area contributed by atoms with Crippen LogP contribution in [0.5, 0.6) is 5.75 Å². The number of piperazine rings is 1. The molecule has 2 aromatic carbocycles. The Morgan fingerprint density at radius 3 is 2.48 bits per heavy atom. The van der Waals surface area contributed by atoms with Crippen LogP contribution in [0.2, 0.25) is 0 Å². The van der Waals surface area contributed by atoms with Gasteiger partial charge in [-0.25, -0.2) is 0 Å². The van der Waals surface area contributed by atoms with E-state index in [2.05, 4.69) is 5.32 Å². The molecule has 8 heteroatoms. The lowest BCUT2D eigenvalue weighted by Gasteiger charge is -2.33. The summed E-state index contributed by atoms with van der Waals surface area (Å²) in [7, 11) is 1.58. The number of hydrogen-bond donors (Lipinski definition) is 1. The number of nitrogens with zero attached hydrogens (tertiary/aromatic N) is 2. The van der Waals surface area contributed by atoms with E-state index in [1.807, 2.05) is 42.2 Å². The van der Waals surface area contributed by atoms with Crippen LogP contribution in [-0.2, 0) is 4.79 Å². The van der Waals surface area contributed by atoms with E-state index in [0.717, 1.165) is 16.4 Å². The maximum atomic E-state index is 12.8. The van der Waals surface area contributed by atoms with Crippen molar-refractivity contribution in [1.29, 1.82) is 0 Å². The standard InChI is InChI=1S/C25H25N3O5/c1-16-7-8-21(32-16)25(30)28-11-9-27(10-12-28)15-24(29)26-19-14-22-18(13-23(19)31-2)17-5-3-4-6-20(17)33-22/h3-8,13-14H,9-12,15H2,1-2H3,(H,26,29). The van der Waals surface area contributed by atoms with Crippen molar-refractivity contribution in [1.82, 2.24) is 9.80 Å². The van der Waals surface area contributed by atoms with Crippen LogP contribution in [0.3, 0.4) is 0 Å². The van der Waals surface area contributed by atoms with Gasteiger partial charge >= 0.3 is 0 Å². The minimum Gasteiger partial charge on any atom is -0.495 e. The molecule has 2 aromatic heterocycles. The largest absolute Gasteiger partial charge is 0.495 e. The number of methoxy groups -OCH3 is 1. The SMILES string of the molecule is COc1cc2c(cc1NC(=O)CN1CCN(C(=O)c3ccc(C)o3)CC1)oc1ccccc12. The number of ether oxygens (including phenoxy) is 1. The van der Waals surface area contributed by atoms with Gasteiger partial charge in [-0.1, -0.05) is 18.2 Å². The maximum absolute atomic E-state index is 12.8. The van der Waals surface area contributed by atoms with E-state index < -0.39 is 0 Å². The summed E-state index contributed by atoms with van der Waals surface area (Å²) in [6, 6.07) is 15.0. The van der Waals surface area contributed by atoms with Crippen LogP contribution in [-0.4, -0.2) is 61.4 Å². The number of para-hydroxylation sites is 1. The third-order valence-corrected chi connectivity index (χ3v) is 5.95. The molecule has 0 atom stereocenters. The van der Waals surface area contributed by atoms with Crippen LogP contribution in [0, 0.1) is 6.92 Å². The van der Waals surface area contributed by atoms with E-state index in [0.29, 0.717) is 54.7 Å². The van der Waals surface area contributed by atoms with E-state index in [1.165, 1.54) is 0 Å². The molecule has 170 valence electrons. The topological polar surface area (TPSA) is 88.2 Å². The molecule has 3 heterocycles. The van der Waals surface area contributed by atoms with E-state index in [4.69, 9.17) is 13.6 Å². The van der Waals surface area contributed by atoms with Crippen LogP contribution < -0.4 is 10.1 Å². The number of rotatable bonds is 5. The Hall–Kier alpha value is -3.78. The van der Waals surface area contributed by atoms with Crippen molar-refractivity contribution in [3.63, 3.8) is 0 Å². The van der Waals surface area contributed by atoms with Gasteiger partial charge in [0.15, 0.2) is 5.76 Å². The summed E-state index contributed by atoms with van der Waals surface area (Å²) >= 11 is 0. The molecule has 5 rings (SSSR count). The number of carbonyl (C=O) groups is 2. The Morgan fingerprint density at radius 2 is 1.76 bits per heavy atom. The first-order valence-electron chi connectivity index (χ1n) is 10.9. The highest BCUT2D eigenvalue weighted by molar-refractivity contribution is 6.07. The zero-order chi connectivity index (χ0) is 22.9. The zero-order valence-electron chi connectivity index (χ0n) is 18.6. The molecule has 0 bridgehead atoms. The van der Waals surface area contributed by atoms with E-state index in [-0.39, 0.29) is 18.4 Å². The monoisotopic (exact) mass is 447 g/mol. The molecule has 8 nitrogen and oxygen atoms in total. The number of carbonyl (C=O) groups excluding carboxylic acids is 2. The predicted octanol–water partition coefficient (Wildman–Crippen LogP) is 3.89. The van der Waals surface area contributed by atoms with Crippen LogP contribution in [0.15, 0.2) is 57.4 Å². The van der Waals surface area contributed by atoms with Gasteiger partial charge in [0.2, 0.25) is 5.91 Å². The van der Waals surface area contributed by atoms with Crippen LogP contribution >= 0.6 is 0 Å². The highest BCUT2D eigenvalue weighted by atomic mass is 16.5. The highest BCUT2D eigenvalue weighted by Gasteiger charge is 2.25. The number of amides is 2. The second kappa shape index (κ2) is 8.63. The molecule has 1 saturated heterocycles. The molecule has 1 fully saturated rings. The fourth-order valence-corrected chi connectivity index (χ4v) is 4.23. The molecule has 0 unspecified atom stereocenters. The number of furan rings is 2. The van der Waals surface area contributed by atoms with Crippen molar-refractivity contribution in [3.05, 3.63) is 60.1 Å². The van der Waals surface area contributed by atoms with Gasteiger partial charge in [-0.15, -0.1) is 0 Å². The van der Waals surface area contributed by atoms with Gasteiger partial charge in [-0.05, 0) is 31.2 Å². The van der Waals surface area contributed by atoms with Gasteiger partial charge in [-0.3, -0.25) is 14.5 Å². The molecule has 2 amide bonds. The predicted molar refractivity (Wildman–Crippen MR) is 125 cm³/mol. The van der Waals surface area contributed by atoms with Crippen molar-refractivity contribution < 1.29 is 23.2 Å². The molecule has 0 saturated carbocycles. The molecule has 1 N–H and O–H groups in total. The van der Waals surface area contributed by atoms with Crippen LogP contribution in [0.4, 0.5) is 5.69 Å². The fraction of sp³-hybridized carbons (Fsp3) is 0.280. The van der Waals surface area contributed by atoms with Gasteiger partial charge in [-0.2, -0.15) is 0 Å². The number of benzene rings is 2. The van der Waals surface area contributed by atoms with E-state index >= 15 is 0 Å². The first kappa shape index (κ1) is 21.1. The Balaban J connectivity index is 1.23. The quantitative estimate of drug-likeness (QED) is 0.499. The molecule has 0 aliphatic carbocycles. The molecule has 33 heavy (non-hydrogen) atoms. The third kappa shape index (κ3) is 4.17. The van der Waals surface area contributed by atoms with Gasteiger partial charge in [0.05, 0.1) is 19.3 Å². The molecule has 1 aliphatic heterocycles. The second-order valence-corrected chi connectivity index (χ2v) is 8.17. The second-order valence-electron chi connectivity index (χ2n) is 8.17. The molecule has 1 aliphatic rings. The Kier molecular flexibility index (Phi) is 5.51. The molecular formula is C25H25N3O5. The lowest BCUT2D eigenvalue weighted by molar-refractivity contribution is -0.117. The minimum absolute atomic E-state index is 0.115. The van der Waals surface area contributed by atoms with Crippen molar-refractivity contribution in [2.45, 2.75) is 6.92 Å². The van der Waals surface area contributed by atoms with Crippen molar-refractivity contribution in [2.75, 3.05) is 45.2 Å². The van der Waals surface area contributed by atoms with Crippen molar-refractivity contribution in [2.24, 2.45) is 0 Å². The normalized spacial score (nSPS) is 14.7. The number of anilines is 1. The summed E-state index contributed by atoms with van der Waals surface area (Å²) in [5.74, 6) is 1.38. The summed E-state index contributed by atoms with van der Waals surface area (Å²) in [5.41, 5.74) is 2.04.